The number of hydrogen-bond donors (Lipinski definition) is 0. The first-order valence-electron chi connectivity index (χ1n) is 8.55. The van der Waals surface area contributed by atoms with E-state index in [1.807, 2.05) is 36.9 Å². The zero-order valence-electron chi connectivity index (χ0n) is 14.9. The molecule has 3 rings (SSSR count). The van der Waals surface area contributed by atoms with Gasteiger partial charge in [0.05, 0.1) is 13.7 Å². The highest BCUT2D eigenvalue weighted by molar-refractivity contribution is 5.94. The number of amides is 1. The van der Waals surface area contributed by atoms with Crippen molar-refractivity contribution < 1.29 is 14.1 Å². The van der Waals surface area contributed by atoms with Gasteiger partial charge in [0.2, 0.25) is 5.89 Å². The van der Waals surface area contributed by atoms with Crippen molar-refractivity contribution in [1.29, 1.82) is 0 Å². The molecule has 1 aliphatic rings. The molecular weight excluding hydrogens is 320 g/mol. The normalized spacial score (nSPS) is 15.6. The van der Waals surface area contributed by atoms with Crippen molar-refractivity contribution in [2.45, 2.75) is 26.3 Å². The molecule has 7 heteroatoms. The third kappa shape index (κ3) is 4.17. The Kier molecular flexibility index (Phi) is 5.33. The highest BCUT2D eigenvalue weighted by Gasteiger charge is 2.23. The van der Waals surface area contributed by atoms with Crippen LogP contribution in [0.1, 0.15) is 41.8 Å². The van der Waals surface area contributed by atoms with Crippen LogP contribution in [0.2, 0.25) is 0 Å². The average Bonchev–Trinajstić information content (AvgIpc) is 3.10. The molecule has 0 N–H and O–H groups in total. The lowest BCUT2D eigenvalue weighted by molar-refractivity contribution is 0.0615. The Bertz CT molecular complexity index is 721. The van der Waals surface area contributed by atoms with Crippen LogP contribution in [0.25, 0.3) is 0 Å². The van der Waals surface area contributed by atoms with Crippen LogP contribution in [0.3, 0.4) is 0 Å². The SMILES string of the molecule is COc1cccc(C(=O)N2CCN(Cc3nc(C(C)C)no3)CC2)c1. The van der Waals surface area contributed by atoms with Crippen LogP contribution in [-0.4, -0.2) is 59.1 Å². The molecule has 7 nitrogen and oxygen atoms in total. The Balaban J connectivity index is 1.54. The molecule has 2 heterocycles. The number of benzene rings is 1. The van der Waals surface area contributed by atoms with Gasteiger partial charge in [-0.25, -0.2) is 0 Å². The summed E-state index contributed by atoms with van der Waals surface area (Å²) in [5.74, 6) is 2.37. The molecule has 2 aromatic rings. The number of rotatable bonds is 5. The van der Waals surface area contributed by atoms with Gasteiger partial charge in [0, 0.05) is 37.7 Å². The summed E-state index contributed by atoms with van der Waals surface area (Å²) in [5, 5.41) is 3.99. The van der Waals surface area contributed by atoms with Gasteiger partial charge in [-0.3, -0.25) is 9.69 Å². The minimum absolute atomic E-state index is 0.0402. The molecular formula is C18H24N4O3. The summed E-state index contributed by atoms with van der Waals surface area (Å²) < 4.78 is 10.5. The summed E-state index contributed by atoms with van der Waals surface area (Å²) in [4.78, 5) is 21.1. The predicted octanol–water partition coefficient (Wildman–Crippen LogP) is 2.16. The fourth-order valence-corrected chi connectivity index (χ4v) is 2.81. The Morgan fingerprint density at radius 3 is 2.68 bits per heavy atom. The summed E-state index contributed by atoms with van der Waals surface area (Å²) in [6.45, 7) is 7.64. The lowest BCUT2D eigenvalue weighted by Gasteiger charge is -2.34. The number of methoxy groups -OCH3 is 1. The van der Waals surface area contributed by atoms with Crippen LogP contribution in [-0.2, 0) is 6.54 Å². The largest absolute Gasteiger partial charge is 0.497 e. The predicted molar refractivity (Wildman–Crippen MR) is 92.6 cm³/mol. The Labute approximate surface area is 147 Å². The Hall–Kier alpha value is -2.41. The van der Waals surface area contributed by atoms with E-state index in [2.05, 4.69) is 15.0 Å². The van der Waals surface area contributed by atoms with E-state index < -0.39 is 0 Å². The van der Waals surface area contributed by atoms with E-state index in [4.69, 9.17) is 9.26 Å². The van der Waals surface area contributed by atoms with Gasteiger partial charge >= 0.3 is 0 Å². The van der Waals surface area contributed by atoms with Crippen molar-refractivity contribution in [3.8, 4) is 5.75 Å². The van der Waals surface area contributed by atoms with Crippen LogP contribution >= 0.6 is 0 Å². The number of nitrogens with zero attached hydrogens (tertiary/aromatic N) is 4. The van der Waals surface area contributed by atoms with Crippen molar-refractivity contribution in [3.63, 3.8) is 0 Å². The number of aromatic nitrogens is 2. The molecule has 0 bridgehead atoms. The van der Waals surface area contributed by atoms with Crippen LogP contribution < -0.4 is 4.74 Å². The minimum atomic E-state index is 0.0402. The van der Waals surface area contributed by atoms with Crippen molar-refractivity contribution in [3.05, 3.63) is 41.5 Å². The van der Waals surface area contributed by atoms with E-state index in [1.54, 1.807) is 13.2 Å². The minimum Gasteiger partial charge on any atom is -0.497 e. The second kappa shape index (κ2) is 7.65. The summed E-state index contributed by atoms with van der Waals surface area (Å²) in [7, 11) is 1.60. The Morgan fingerprint density at radius 1 is 1.28 bits per heavy atom. The summed E-state index contributed by atoms with van der Waals surface area (Å²) in [6.07, 6.45) is 0. The third-order valence-electron chi connectivity index (χ3n) is 4.34. The van der Waals surface area contributed by atoms with Crippen molar-refractivity contribution in [1.82, 2.24) is 19.9 Å². The van der Waals surface area contributed by atoms with E-state index in [-0.39, 0.29) is 11.8 Å². The zero-order valence-corrected chi connectivity index (χ0v) is 14.9. The topological polar surface area (TPSA) is 71.7 Å². The fourth-order valence-electron chi connectivity index (χ4n) is 2.81. The van der Waals surface area contributed by atoms with Gasteiger partial charge in [0.25, 0.3) is 5.91 Å². The van der Waals surface area contributed by atoms with Gasteiger partial charge in [0.1, 0.15) is 5.75 Å². The van der Waals surface area contributed by atoms with Crippen LogP contribution in [0.4, 0.5) is 0 Å². The maximum Gasteiger partial charge on any atom is 0.254 e. The van der Waals surface area contributed by atoms with Crippen molar-refractivity contribution >= 4 is 5.91 Å². The molecule has 1 saturated heterocycles. The van der Waals surface area contributed by atoms with Gasteiger partial charge in [-0.15, -0.1) is 0 Å². The molecule has 1 aliphatic heterocycles. The first-order chi connectivity index (χ1) is 12.1. The summed E-state index contributed by atoms with van der Waals surface area (Å²) >= 11 is 0. The second-order valence-electron chi connectivity index (χ2n) is 6.50. The molecule has 0 saturated carbocycles. The molecule has 134 valence electrons. The van der Waals surface area contributed by atoms with Crippen molar-refractivity contribution in [2.24, 2.45) is 0 Å². The van der Waals surface area contributed by atoms with Gasteiger partial charge in [-0.1, -0.05) is 25.1 Å². The molecule has 0 spiro atoms. The highest BCUT2D eigenvalue weighted by atomic mass is 16.5. The molecule has 0 unspecified atom stereocenters. The average molecular weight is 344 g/mol. The van der Waals surface area contributed by atoms with Gasteiger partial charge < -0.3 is 14.2 Å². The van der Waals surface area contributed by atoms with Gasteiger partial charge in [0.15, 0.2) is 5.82 Å². The standard InChI is InChI=1S/C18H24N4O3/c1-13(2)17-19-16(25-20-17)12-21-7-9-22(10-8-21)18(23)14-5-4-6-15(11-14)24-3/h4-6,11,13H,7-10,12H2,1-3H3. The Morgan fingerprint density at radius 2 is 2.04 bits per heavy atom. The van der Waals surface area contributed by atoms with Crippen LogP contribution in [0, 0.1) is 0 Å². The van der Waals surface area contributed by atoms with E-state index >= 15 is 0 Å². The zero-order chi connectivity index (χ0) is 17.8. The van der Waals surface area contributed by atoms with Crippen molar-refractivity contribution in [2.75, 3.05) is 33.3 Å². The highest BCUT2D eigenvalue weighted by Crippen LogP contribution is 2.16. The van der Waals surface area contributed by atoms with Gasteiger partial charge in [-0.2, -0.15) is 4.98 Å². The van der Waals surface area contributed by atoms with Gasteiger partial charge in [-0.05, 0) is 18.2 Å². The summed E-state index contributed by atoms with van der Waals surface area (Å²) in [6, 6.07) is 7.28. The fraction of sp³-hybridized carbons (Fsp3) is 0.500. The van der Waals surface area contributed by atoms with E-state index in [0.29, 0.717) is 36.8 Å². The molecule has 1 fully saturated rings. The molecule has 1 aromatic carbocycles. The number of ether oxygens (including phenoxy) is 1. The smallest absolute Gasteiger partial charge is 0.254 e. The summed E-state index contributed by atoms with van der Waals surface area (Å²) in [5.41, 5.74) is 0.659. The number of piperazine rings is 1. The lowest BCUT2D eigenvalue weighted by Crippen LogP contribution is -2.48. The molecule has 25 heavy (non-hydrogen) atoms. The third-order valence-corrected chi connectivity index (χ3v) is 4.34. The monoisotopic (exact) mass is 344 g/mol. The van der Waals surface area contributed by atoms with E-state index in [0.717, 1.165) is 18.9 Å². The lowest BCUT2D eigenvalue weighted by atomic mass is 10.1. The van der Waals surface area contributed by atoms with Crippen LogP contribution in [0.15, 0.2) is 28.8 Å². The molecule has 1 amide bonds. The number of hydrogen-bond acceptors (Lipinski definition) is 6. The van der Waals surface area contributed by atoms with Crippen LogP contribution in [0.5, 0.6) is 5.75 Å². The van der Waals surface area contributed by atoms with E-state index in [1.165, 1.54) is 0 Å². The van der Waals surface area contributed by atoms with E-state index in [9.17, 15) is 4.79 Å². The molecule has 0 aliphatic carbocycles. The quantitative estimate of drug-likeness (QED) is 0.828. The molecule has 0 atom stereocenters. The molecule has 0 radical (unpaired) electrons. The number of carbonyl (C=O) groups is 1. The molecule has 1 aromatic heterocycles. The maximum absolute atomic E-state index is 12.6. The second-order valence-corrected chi connectivity index (χ2v) is 6.50. The maximum atomic E-state index is 12.6. The first kappa shape index (κ1) is 17.4. The first-order valence-corrected chi connectivity index (χ1v) is 8.55. The number of carbonyl (C=O) groups excluding carboxylic acids is 1.